The fourth-order valence-corrected chi connectivity index (χ4v) is 5.05. The number of halogens is 1. The number of carbonyl (C=O) groups excluding carboxylic acids is 2. The topological polar surface area (TPSA) is 61.9 Å². The van der Waals surface area contributed by atoms with E-state index in [9.17, 15) is 9.59 Å². The molecule has 2 amide bonds. The van der Waals surface area contributed by atoms with Crippen LogP contribution in [0.3, 0.4) is 0 Å². The molecule has 7 heteroatoms. The molecule has 0 saturated carbocycles. The van der Waals surface area contributed by atoms with E-state index in [-0.39, 0.29) is 23.8 Å². The number of rotatable bonds is 7. The van der Waals surface area contributed by atoms with Gasteiger partial charge in [0.15, 0.2) is 0 Å². The van der Waals surface area contributed by atoms with Gasteiger partial charge in [-0.05, 0) is 69.1 Å². The Labute approximate surface area is 200 Å². The van der Waals surface area contributed by atoms with E-state index in [0.717, 1.165) is 37.2 Å². The number of hydrogen-bond acceptors (Lipinski definition) is 4. The molecule has 0 spiro atoms. The number of amides is 2. The summed E-state index contributed by atoms with van der Waals surface area (Å²) in [5, 5.41) is 3.80. The molecule has 4 rings (SSSR count). The molecule has 2 fully saturated rings. The second kappa shape index (κ2) is 11.0. The zero-order valence-electron chi connectivity index (χ0n) is 19.1. The Balaban J connectivity index is 1.40. The lowest BCUT2D eigenvalue weighted by molar-refractivity contribution is -0.126. The number of methoxy groups -OCH3 is 1. The summed E-state index contributed by atoms with van der Waals surface area (Å²) in [7, 11) is 1.69. The number of likely N-dealkylation sites (tertiary alicyclic amines) is 2. The first-order valence-corrected chi connectivity index (χ1v) is 12.1. The maximum absolute atomic E-state index is 13.1. The predicted octanol–water partition coefficient (Wildman–Crippen LogP) is 4.15. The van der Waals surface area contributed by atoms with Gasteiger partial charge in [0, 0.05) is 35.8 Å². The maximum Gasteiger partial charge on any atom is 0.253 e. The fraction of sp³-hybridized carbons (Fsp3) is 0.462. The highest BCUT2D eigenvalue weighted by molar-refractivity contribution is 6.30. The molecule has 0 radical (unpaired) electrons. The third-order valence-corrected chi connectivity index (χ3v) is 6.97. The first-order chi connectivity index (χ1) is 16.1. The lowest BCUT2D eigenvalue weighted by Crippen LogP contribution is -2.47. The number of benzene rings is 2. The Morgan fingerprint density at radius 1 is 1.06 bits per heavy atom. The minimum atomic E-state index is -0.202. The second-order valence-electron chi connectivity index (χ2n) is 8.84. The van der Waals surface area contributed by atoms with E-state index >= 15 is 0 Å². The Morgan fingerprint density at radius 3 is 2.52 bits per heavy atom. The van der Waals surface area contributed by atoms with Gasteiger partial charge in [-0.15, -0.1) is 0 Å². The molecule has 2 heterocycles. The van der Waals surface area contributed by atoms with Crippen molar-refractivity contribution < 1.29 is 14.3 Å². The van der Waals surface area contributed by atoms with Crippen LogP contribution in [0.1, 0.15) is 47.6 Å². The van der Waals surface area contributed by atoms with E-state index in [4.69, 9.17) is 16.3 Å². The van der Waals surface area contributed by atoms with Gasteiger partial charge < -0.3 is 15.0 Å². The summed E-state index contributed by atoms with van der Waals surface area (Å²) >= 11 is 5.95. The molecule has 2 aromatic rings. The lowest BCUT2D eigenvalue weighted by Gasteiger charge is -2.33. The zero-order chi connectivity index (χ0) is 23.2. The van der Waals surface area contributed by atoms with Gasteiger partial charge in [-0.25, -0.2) is 0 Å². The number of nitrogens with zero attached hydrogens (tertiary/aromatic N) is 2. The fourth-order valence-electron chi connectivity index (χ4n) is 4.92. The maximum atomic E-state index is 13.1. The third kappa shape index (κ3) is 5.68. The van der Waals surface area contributed by atoms with Gasteiger partial charge in [0.2, 0.25) is 5.91 Å². The molecule has 2 aliphatic rings. The van der Waals surface area contributed by atoms with Crippen LogP contribution >= 0.6 is 11.6 Å². The normalized spacial score (nSPS) is 19.8. The molecule has 0 aromatic heterocycles. The first kappa shape index (κ1) is 23.6. The standard InChI is InChI=1S/C26H32ClN3O3/c1-33-24-9-3-2-8-22(24)23(29-14-4-5-15-29)17-28-25(31)20-7-6-16-30(18-20)26(32)19-10-12-21(27)13-11-19/h2-3,8-13,20,23H,4-7,14-18H2,1H3,(H,28,31). The van der Waals surface area contributed by atoms with E-state index in [1.54, 1.807) is 36.3 Å². The van der Waals surface area contributed by atoms with Crippen LogP contribution in [0, 0.1) is 5.92 Å². The van der Waals surface area contributed by atoms with Gasteiger partial charge in [-0.1, -0.05) is 29.8 Å². The van der Waals surface area contributed by atoms with Crippen LogP contribution in [0.5, 0.6) is 5.75 Å². The Kier molecular flexibility index (Phi) is 7.89. The molecular weight excluding hydrogens is 438 g/mol. The molecule has 0 bridgehead atoms. The van der Waals surface area contributed by atoms with Gasteiger partial charge in [-0.3, -0.25) is 14.5 Å². The van der Waals surface area contributed by atoms with Crippen molar-refractivity contribution in [1.29, 1.82) is 0 Å². The van der Waals surface area contributed by atoms with Crippen molar-refractivity contribution >= 4 is 23.4 Å². The number of hydrogen-bond donors (Lipinski definition) is 1. The monoisotopic (exact) mass is 469 g/mol. The van der Waals surface area contributed by atoms with Crippen molar-refractivity contribution in [2.24, 2.45) is 5.92 Å². The van der Waals surface area contributed by atoms with E-state index in [1.807, 2.05) is 18.2 Å². The van der Waals surface area contributed by atoms with Crippen molar-refractivity contribution in [1.82, 2.24) is 15.1 Å². The van der Waals surface area contributed by atoms with Crippen molar-refractivity contribution in [2.45, 2.75) is 31.7 Å². The van der Waals surface area contributed by atoms with Crippen molar-refractivity contribution in [3.05, 3.63) is 64.7 Å². The highest BCUT2D eigenvalue weighted by Gasteiger charge is 2.31. The summed E-state index contributed by atoms with van der Waals surface area (Å²) in [6.45, 7) is 3.68. The lowest BCUT2D eigenvalue weighted by atomic mass is 9.96. The second-order valence-corrected chi connectivity index (χ2v) is 9.28. The molecule has 2 unspecified atom stereocenters. The zero-order valence-corrected chi connectivity index (χ0v) is 19.9. The van der Waals surface area contributed by atoms with E-state index in [2.05, 4.69) is 16.3 Å². The summed E-state index contributed by atoms with van der Waals surface area (Å²) in [6, 6.07) is 15.0. The van der Waals surface area contributed by atoms with Crippen LogP contribution in [0.4, 0.5) is 0 Å². The molecule has 1 N–H and O–H groups in total. The van der Waals surface area contributed by atoms with Gasteiger partial charge in [0.25, 0.3) is 5.91 Å². The average molecular weight is 470 g/mol. The number of nitrogens with one attached hydrogen (secondary N) is 1. The van der Waals surface area contributed by atoms with Crippen molar-refractivity contribution in [3.63, 3.8) is 0 Å². The van der Waals surface area contributed by atoms with Crippen LogP contribution in [0.2, 0.25) is 5.02 Å². The van der Waals surface area contributed by atoms with E-state index in [1.165, 1.54) is 12.8 Å². The minimum absolute atomic E-state index is 0.0164. The molecular formula is C26H32ClN3O3. The molecule has 2 aliphatic heterocycles. The van der Waals surface area contributed by atoms with Gasteiger partial charge in [0.1, 0.15) is 5.75 Å². The number of ether oxygens (including phenoxy) is 1. The quantitative estimate of drug-likeness (QED) is 0.661. The molecule has 2 aromatic carbocycles. The number of piperidine rings is 1. The molecule has 33 heavy (non-hydrogen) atoms. The van der Waals surface area contributed by atoms with Gasteiger partial charge in [-0.2, -0.15) is 0 Å². The van der Waals surface area contributed by atoms with Crippen LogP contribution < -0.4 is 10.1 Å². The smallest absolute Gasteiger partial charge is 0.253 e. The highest BCUT2D eigenvalue weighted by Crippen LogP contribution is 2.31. The molecule has 6 nitrogen and oxygen atoms in total. The van der Waals surface area contributed by atoms with E-state index < -0.39 is 0 Å². The molecule has 2 atom stereocenters. The van der Waals surface area contributed by atoms with Crippen molar-refractivity contribution in [2.75, 3.05) is 39.8 Å². The minimum Gasteiger partial charge on any atom is -0.496 e. The Bertz CT molecular complexity index is 960. The van der Waals surface area contributed by atoms with Crippen LogP contribution in [-0.2, 0) is 4.79 Å². The van der Waals surface area contributed by atoms with Crippen LogP contribution in [0.25, 0.3) is 0 Å². The summed E-state index contributed by atoms with van der Waals surface area (Å²) in [4.78, 5) is 30.3. The summed E-state index contributed by atoms with van der Waals surface area (Å²) in [6.07, 6.45) is 3.95. The molecule has 0 aliphatic carbocycles. The van der Waals surface area contributed by atoms with Gasteiger partial charge in [0.05, 0.1) is 19.1 Å². The predicted molar refractivity (Wildman–Crippen MR) is 130 cm³/mol. The van der Waals surface area contributed by atoms with Crippen molar-refractivity contribution in [3.8, 4) is 5.75 Å². The van der Waals surface area contributed by atoms with Crippen LogP contribution in [0.15, 0.2) is 48.5 Å². The summed E-state index contributed by atoms with van der Waals surface area (Å²) in [5.41, 5.74) is 1.70. The number of carbonyl (C=O) groups is 2. The average Bonchev–Trinajstić information content (AvgIpc) is 3.39. The van der Waals surface area contributed by atoms with E-state index in [0.29, 0.717) is 30.2 Å². The van der Waals surface area contributed by atoms with Gasteiger partial charge >= 0.3 is 0 Å². The summed E-state index contributed by atoms with van der Waals surface area (Å²) in [5.74, 6) is 0.615. The largest absolute Gasteiger partial charge is 0.496 e. The first-order valence-electron chi connectivity index (χ1n) is 11.8. The SMILES string of the molecule is COc1ccccc1C(CNC(=O)C1CCCN(C(=O)c2ccc(Cl)cc2)C1)N1CCCC1. The Hall–Kier alpha value is -2.57. The molecule has 2 saturated heterocycles. The number of para-hydroxylation sites is 1. The molecule has 176 valence electrons. The third-order valence-electron chi connectivity index (χ3n) is 6.72. The highest BCUT2D eigenvalue weighted by atomic mass is 35.5. The van der Waals surface area contributed by atoms with Crippen LogP contribution in [-0.4, -0.2) is 61.4 Å². The Morgan fingerprint density at radius 2 is 1.79 bits per heavy atom. The summed E-state index contributed by atoms with van der Waals surface area (Å²) < 4.78 is 5.61.